The molecule has 2 aliphatic heterocycles. The van der Waals surface area contributed by atoms with Gasteiger partial charge in [-0.1, -0.05) is 18.4 Å². The molecule has 4 heterocycles. The highest BCUT2D eigenvalue weighted by Gasteiger charge is 2.52. The normalized spacial score (nSPS) is 23.6. The minimum Gasteiger partial charge on any atom is -0.508 e. The largest absolute Gasteiger partial charge is 0.508 e. The van der Waals surface area contributed by atoms with Crippen LogP contribution in [0.2, 0.25) is 0 Å². The zero-order valence-corrected chi connectivity index (χ0v) is 27.7. The number of hydrogen-bond donors (Lipinski definition) is 1. The summed E-state index contributed by atoms with van der Waals surface area (Å²) in [5, 5.41) is 11.0. The van der Waals surface area contributed by atoms with Crippen molar-refractivity contribution in [3.8, 4) is 35.4 Å². The van der Waals surface area contributed by atoms with Crippen LogP contribution in [0.15, 0.2) is 30.5 Å². The maximum absolute atomic E-state index is 16.8. The van der Waals surface area contributed by atoms with E-state index in [9.17, 15) is 17.9 Å². The van der Waals surface area contributed by atoms with E-state index in [1.54, 1.807) is 0 Å². The van der Waals surface area contributed by atoms with Gasteiger partial charge in [0.05, 0.1) is 29.4 Å². The molecule has 48 heavy (non-hydrogen) atoms. The maximum atomic E-state index is 16.8. The fourth-order valence-electron chi connectivity index (χ4n) is 7.96. The smallest absolute Gasteiger partial charge is 0.319 e. The average Bonchev–Trinajstić information content (AvgIpc) is 3.30. The van der Waals surface area contributed by atoms with E-state index in [2.05, 4.69) is 20.8 Å². The molecule has 1 N–H and O–H groups in total. The van der Waals surface area contributed by atoms with Gasteiger partial charge in [-0.25, -0.2) is 17.2 Å². The number of hydrogen-bond acceptors (Lipinski definition) is 10. The van der Waals surface area contributed by atoms with Gasteiger partial charge in [-0.2, -0.15) is 9.97 Å². The predicted molar refractivity (Wildman–Crippen MR) is 179 cm³/mol. The van der Waals surface area contributed by atoms with Gasteiger partial charge in [0.15, 0.2) is 15.7 Å². The van der Waals surface area contributed by atoms with Crippen molar-refractivity contribution in [1.82, 2.24) is 19.9 Å². The Bertz CT molecular complexity index is 2060. The Morgan fingerprint density at radius 2 is 2.02 bits per heavy atom. The van der Waals surface area contributed by atoms with Crippen LogP contribution in [-0.2, 0) is 14.6 Å². The molecule has 4 aromatic rings. The molecular weight excluding hydrogens is 640 g/mol. The summed E-state index contributed by atoms with van der Waals surface area (Å²) in [7, 11) is -1.33. The minimum absolute atomic E-state index is 0.0426. The highest BCUT2D eigenvalue weighted by molar-refractivity contribution is 7.91. The monoisotopic (exact) mass is 677 g/mol. The zero-order chi connectivity index (χ0) is 33.8. The maximum Gasteiger partial charge on any atom is 0.319 e. The molecule has 1 saturated carbocycles. The summed E-state index contributed by atoms with van der Waals surface area (Å²) in [6.07, 6.45) is 12.3. The second-order valence-corrected chi connectivity index (χ2v) is 15.6. The predicted octanol–water partition coefficient (Wildman–Crippen LogP) is 4.70. The van der Waals surface area contributed by atoms with Crippen LogP contribution in [0.5, 0.6) is 11.8 Å². The summed E-state index contributed by atoms with van der Waals surface area (Å²) in [5.41, 5.74) is -0.619. The van der Waals surface area contributed by atoms with Crippen molar-refractivity contribution in [2.45, 2.75) is 43.4 Å². The number of anilines is 1. The highest BCUT2D eigenvalue weighted by atomic mass is 32.2. The molecule has 1 aliphatic carbocycles. The molecule has 0 bridgehead atoms. The van der Waals surface area contributed by atoms with Crippen molar-refractivity contribution in [2.75, 3.05) is 57.7 Å². The van der Waals surface area contributed by atoms with Crippen molar-refractivity contribution in [3.05, 3.63) is 47.7 Å². The van der Waals surface area contributed by atoms with Gasteiger partial charge in [-0.05, 0) is 56.3 Å². The quantitative estimate of drug-likeness (QED) is 0.288. The lowest BCUT2D eigenvalue weighted by molar-refractivity contribution is 0.0152. The lowest BCUT2D eigenvalue weighted by Crippen LogP contribution is -2.56. The van der Waals surface area contributed by atoms with Gasteiger partial charge in [0.25, 0.3) is 0 Å². The number of rotatable bonds is 6. The summed E-state index contributed by atoms with van der Waals surface area (Å²) >= 11 is 0. The molecule has 2 aromatic carbocycles. The van der Waals surface area contributed by atoms with Crippen LogP contribution in [0.3, 0.4) is 0 Å². The minimum atomic E-state index is -3.29. The number of fused-ring (bicyclic) bond motifs is 3. The molecule has 0 spiro atoms. The van der Waals surface area contributed by atoms with E-state index < -0.39 is 32.1 Å². The molecule has 3 aliphatic rings. The van der Waals surface area contributed by atoms with E-state index >= 15 is 4.39 Å². The Balaban J connectivity index is 1.36. The Kier molecular flexibility index (Phi) is 8.38. The first kappa shape index (κ1) is 32.4. The average molecular weight is 678 g/mol. The van der Waals surface area contributed by atoms with Gasteiger partial charge in [-0.3, -0.25) is 4.98 Å². The third kappa shape index (κ3) is 5.69. The standard InChI is InChI=1S/C35H37F2N5O5S/c1-4-24-27(36)9-8-21-15-22(43)16-25(29(21)24)31-30(37)32-26(18-38-31)33(42-11-6-13-46-14-12-42)40-34(39-32)47-20-35-10-5-7-28(35)41(2)19-23(17-35)48(3,44)45/h1,8-9,15-16,18,23,28,43H,5-7,10-14,17,19-20H2,2-3H3. The summed E-state index contributed by atoms with van der Waals surface area (Å²) < 4.78 is 69.1. The second-order valence-electron chi connectivity index (χ2n) is 13.3. The molecule has 7 rings (SSSR count). The number of piperidine rings is 1. The first-order valence-electron chi connectivity index (χ1n) is 16.1. The Hall–Kier alpha value is -4.12. The number of terminal acetylenes is 1. The van der Waals surface area contributed by atoms with Crippen LogP contribution < -0.4 is 9.64 Å². The van der Waals surface area contributed by atoms with E-state index in [4.69, 9.17) is 20.9 Å². The Morgan fingerprint density at radius 1 is 1.19 bits per heavy atom. The number of pyridine rings is 1. The first-order chi connectivity index (χ1) is 23.0. The third-order valence-electron chi connectivity index (χ3n) is 10.2. The number of sulfone groups is 1. The Labute approximate surface area is 278 Å². The number of aromatic hydroxyl groups is 1. The SMILES string of the molecule is C#Cc1c(F)ccc2cc(O)cc(-c3ncc4c(N5CCCOCC5)nc(OCC56CCCC5N(C)CC(S(C)(=O)=O)C6)nc4c3F)c12. The van der Waals surface area contributed by atoms with E-state index in [0.29, 0.717) is 55.9 Å². The molecule has 252 valence electrons. The van der Waals surface area contributed by atoms with Crippen molar-refractivity contribution >= 4 is 37.3 Å². The van der Waals surface area contributed by atoms with Gasteiger partial charge < -0.3 is 24.4 Å². The molecule has 0 radical (unpaired) electrons. The van der Waals surface area contributed by atoms with Crippen molar-refractivity contribution in [3.63, 3.8) is 0 Å². The molecule has 2 saturated heterocycles. The number of phenolic OH excluding ortho intramolecular Hbond substituents is 1. The van der Waals surface area contributed by atoms with Crippen molar-refractivity contribution in [1.29, 1.82) is 0 Å². The fourth-order valence-corrected chi connectivity index (χ4v) is 9.10. The van der Waals surface area contributed by atoms with Crippen LogP contribution in [0, 0.1) is 29.4 Å². The molecule has 2 aromatic heterocycles. The van der Waals surface area contributed by atoms with Crippen LogP contribution in [0.25, 0.3) is 32.9 Å². The van der Waals surface area contributed by atoms with Crippen molar-refractivity contribution in [2.24, 2.45) is 5.41 Å². The van der Waals surface area contributed by atoms with E-state index in [1.165, 1.54) is 36.7 Å². The van der Waals surface area contributed by atoms with Crippen LogP contribution in [0.1, 0.15) is 37.7 Å². The van der Waals surface area contributed by atoms with Gasteiger partial charge >= 0.3 is 6.01 Å². The highest BCUT2D eigenvalue weighted by Crippen LogP contribution is 2.49. The van der Waals surface area contributed by atoms with Gasteiger partial charge in [0, 0.05) is 61.1 Å². The molecule has 3 atom stereocenters. The lowest BCUT2D eigenvalue weighted by Gasteiger charge is -2.47. The number of aromatic nitrogens is 3. The third-order valence-corrected chi connectivity index (χ3v) is 11.8. The topological polar surface area (TPSA) is 118 Å². The number of nitrogens with zero attached hydrogens (tertiary/aromatic N) is 5. The van der Waals surface area contributed by atoms with E-state index in [-0.39, 0.29) is 52.1 Å². The van der Waals surface area contributed by atoms with Crippen LogP contribution in [0.4, 0.5) is 14.6 Å². The van der Waals surface area contributed by atoms with Crippen LogP contribution in [-0.4, -0.2) is 97.4 Å². The van der Waals surface area contributed by atoms with Gasteiger partial charge in [0.1, 0.15) is 28.6 Å². The van der Waals surface area contributed by atoms with Crippen molar-refractivity contribution < 1.29 is 31.8 Å². The van der Waals surface area contributed by atoms with Gasteiger partial charge in [-0.15, -0.1) is 6.42 Å². The molecule has 10 nitrogen and oxygen atoms in total. The Morgan fingerprint density at radius 3 is 2.81 bits per heavy atom. The number of ether oxygens (including phenoxy) is 2. The molecule has 3 unspecified atom stereocenters. The van der Waals surface area contributed by atoms with E-state index in [0.717, 1.165) is 25.7 Å². The molecular formula is C35H37F2N5O5S. The van der Waals surface area contributed by atoms with Crippen LogP contribution >= 0.6 is 0 Å². The number of likely N-dealkylation sites (tertiary alicyclic amines) is 1. The summed E-state index contributed by atoms with van der Waals surface area (Å²) in [6.45, 7) is 2.78. The second kappa shape index (κ2) is 12.4. The lowest BCUT2D eigenvalue weighted by atomic mass is 9.75. The van der Waals surface area contributed by atoms with Gasteiger partial charge in [0.2, 0.25) is 0 Å². The fraction of sp³-hybridized carbons (Fsp3) is 0.457. The first-order valence-corrected chi connectivity index (χ1v) is 18.1. The zero-order valence-electron chi connectivity index (χ0n) is 26.9. The summed E-state index contributed by atoms with van der Waals surface area (Å²) in [4.78, 5) is 17.9. The number of halogens is 2. The molecule has 3 fully saturated rings. The molecule has 13 heteroatoms. The molecule has 0 amide bonds. The van der Waals surface area contributed by atoms with E-state index in [1.807, 2.05) is 11.9 Å². The summed E-state index contributed by atoms with van der Waals surface area (Å²) in [5.74, 6) is 1.17. The number of phenols is 1. The number of benzene rings is 2. The summed E-state index contributed by atoms with van der Waals surface area (Å²) in [6, 6.07) is 5.50.